The summed E-state index contributed by atoms with van der Waals surface area (Å²) in [7, 11) is 0. The van der Waals surface area contributed by atoms with Crippen LogP contribution in [-0.2, 0) is 6.42 Å². The van der Waals surface area contributed by atoms with Gasteiger partial charge in [0.2, 0.25) is 0 Å². The molecule has 0 aliphatic rings. The maximum absolute atomic E-state index is 13.3. The number of rotatable bonds is 6. The first-order valence-electron chi connectivity index (χ1n) is 7.24. The Morgan fingerprint density at radius 3 is 2.60 bits per heavy atom. The summed E-state index contributed by atoms with van der Waals surface area (Å²) < 4.78 is 13.3. The van der Waals surface area contributed by atoms with Gasteiger partial charge in [-0.05, 0) is 55.1 Å². The van der Waals surface area contributed by atoms with Crippen LogP contribution in [0.25, 0.3) is 0 Å². The van der Waals surface area contributed by atoms with Gasteiger partial charge in [-0.15, -0.1) is 0 Å². The van der Waals surface area contributed by atoms with Gasteiger partial charge in [-0.25, -0.2) is 4.39 Å². The second kappa shape index (κ2) is 7.20. The molecule has 0 aliphatic carbocycles. The lowest BCUT2D eigenvalue weighted by molar-refractivity contribution is 0.525. The molecule has 0 aliphatic heterocycles. The minimum atomic E-state index is -0.165. The molecule has 0 bridgehead atoms. The number of halogens is 1. The molecule has 1 unspecified atom stereocenters. The van der Waals surface area contributed by atoms with Gasteiger partial charge in [0.05, 0.1) is 0 Å². The summed E-state index contributed by atoms with van der Waals surface area (Å²) in [5.41, 5.74) is 3.60. The quantitative estimate of drug-likeness (QED) is 0.820. The third-order valence-electron chi connectivity index (χ3n) is 3.53. The van der Waals surface area contributed by atoms with E-state index in [4.69, 9.17) is 0 Å². The molecule has 0 saturated heterocycles. The van der Waals surface area contributed by atoms with E-state index in [9.17, 15) is 4.39 Å². The maximum Gasteiger partial charge on any atom is 0.123 e. The van der Waals surface area contributed by atoms with Crippen molar-refractivity contribution in [3.8, 4) is 0 Å². The molecule has 0 spiro atoms. The summed E-state index contributed by atoms with van der Waals surface area (Å²) in [6, 6.07) is 15.5. The molecule has 1 N–H and O–H groups in total. The van der Waals surface area contributed by atoms with E-state index in [0.717, 1.165) is 24.9 Å². The van der Waals surface area contributed by atoms with E-state index >= 15 is 0 Å². The van der Waals surface area contributed by atoms with Crippen molar-refractivity contribution in [2.75, 3.05) is 6.54 Å². The van der Waals surface area contributed by atoms with Gasteiger partial charge in [0.25, 0.3) is 0 Å². The Hall–Kier alpha value is -1.67. The van der Waals surface area contributed by atoms with Gasteiger partial charge in [-0.1, -0.05) is 43.3 Å². The maximum atomic E-state index is 13.3. The highest BCUT2D eigenvalue weighted by molar-refractivity contribution is 5.30. The molecule has 20 heavy (non-hydrogen) atoms. The lowest BCUT2D eigenvalue weighted by Crippen LogP contribution is -2.24. The molecule has 0 heterocycles. The molecular formula is C18H22FN. The molecule has 0 radical (unpaired) electrons. The van der Waals surface area contributed by atoms with Crippen molar-refractivity contribution in [3.05, 3.63) is 71.0 Å². The molecule has 2 rings (SSSR count). The van der Waals surface area contributed by atoms with Crippen molar-refractivity contribution < 1.29 is 4.39 Å². The molecule has 1 nitrogen and oxygen atoms in total. The van der Waals surface area contributed by atoms with Gasteiger partial charge in [-0.3, -0.25) is 0 Å². The van der Waals surface area contributed by atoms with Crippen LogP contribution in [0.15, 0.2) is 48.5 Å². The Morgan fingerprint density at radius 1 is 1.10 bits per heavy atom. The van der Waals surface area contributed by atoms with Crippen LogP contribution in [0.5, 0.6) is 0 Å². The molecule has 2 aromatic carbocycles. The molecule has 0 fully saturated rings. The summed E-state index contributed by atoms with van der Waals surface area (Å²) in [6.07, 6.45) is 1.90. The summed E-state index contributed by atoms with van der Waals surface area (Å²) in [5.74, 6) is -0.165. The smallest absolute Gasteiger partial charge is 0.123 e. The summed E-state index contributed by atoms with van der Waals surface area (Å²) in [6.45, 7) is 5.25. The minimum absolute atomic E-state index is 0.165. The number of benzene rings is 2. The Bertz CT molecular complexity index is 551. The van der Waals surface area contributed by atoms with Gasteiger partial charge in [0.15, 0.2) is 0 Å². The SMILES string of the molecule is CCCNC(Cc1cccc(F)c1)c1ccccc1C. The van der Waals surface area contributed by atoms with E-state index < -0.39 is 0 Å². The highest BCUT2D eigenvalue weighted by Gasteiger charge is 2.13. The van der Waals surface area contributed by atoms with Crippen molar-refractivity contribution in [2.24, 2.45) is 0 Å². The van der Waals surface area contributed by atoms with Crippen LogP contribution in [0.2, 0.25) is 0 Å². The number of aryl methyl sites for hydroxylation is 1. The molecule has 0 amide bonds. The largest absolute Gasteiger partial charge is 0.310 e. The van der Waals surface area contributed by atoms with E-state index in [1.165, 1.54) is 17.2 Å². The Kier molecular flexibility index (Phi) is 5.31. The second-order valence-corrected chi connectivity index (χ2v) is 5.20. The van der Waals surface area contributed by atoms with Gasteiger partial charge in [0.1, 0.15) is 5.82 Å². The van der Waals surface area contributed by atoms with Crippen LogP contribution in [0, 0.1) is 12.7 Å². The molecule has 2 heteroatoms. The van der Waals surface area contributed by atoms with Gasteiger partial charge >= 0.3 is 0 Å². The Morgan fingerprint density at radius 2 is 1.90 bits per heavy atom. The zero-order chi connectivity index (χ0) is 14.4. The third-order valence-corrected chi connectivity index (χ3v) is 3.53. The lowest BCUT2D eigenvalue weighted by atomic mass is 9.95. The minimum Gasteiger partial charge on any atom is -0.310 e. The fraction of sp³-hybridized carbons (Fsp3) is 0.333. The second-order valence-electron chi connectivity index (χ2n) is 5.20. The molecular weight excluding hydrogens is 249 g/mol. The summed E-state index contributed by atoms with van der Waals surface area (Å²) in [4.78, 5) is 0. The first kappa shape index (κ1) is 14.7. The standard InChI is InChI=1S/C18H22FN/c1-3-11-20-18(17-10-5-4-7-14(17)2)13-15-8-6-9-16(19)12-15/h4-10,12,18,20H,3,11,13H2,1-2H3. The molecule has 1 atom stereocenters. The third kappa shape index (κ3) is 3.91. The van der Waals surface area contributed by atoms with Crippen LogP contribution in [0.4, 0.5) is 4.39 Å². The zero-order valence-corrected chi connectivity index (χ0v) is 12.2. The van der Waals surface area contributed by atoms with E-state index in [2.05, 4.69) is 43.4 Å². The average molecular weight is 271 g/mol. The van der Waals surface area contributed by atoms with Crippen molar-refractivity contribution >= 4 is 0 Å². The van der Waals surface area contributed by atoms with E-state index in [-0.39, 0.29) is 11.9 Å². The molecule has 106 valence electrons. The van der Waals surface area contributed by atoms with Gasteiger partial charge in [0, 0.05) is 6.04 Å². The van der Waals surface area contributed by atoms with Crippen LogP contribution in [0.3, 0.4) is 0 Å². The van der Waals surface area contributed by atoms with Crippen molar-refractivity contribution in [1.82, 2.24) is 5.32 Å². The Labute approximate surface area is 120 Å². The lowest BCUT2D eigenvalue weighted by Gasteiger charge is -2.21. The summed E-state index contributed by atoms with van der Waals surface area (Å²) >= 11 is 0. The Balaban J connectivity index is 2.22. The number of hydrogen-bond donors (Lipinski definition) is 1. The fourth-order valence-corrected chi connectivity index (χ4v) is 2.49. The average Bonchev–Trinajstić information content (AvgIpc) is 2.44. The van der Waals surface area contributed by atoms with Crippen molar-refractivity contribution in [3.63, 3.8) is 0 Å². The molecule has 2 aromatic rings. The van der Waals surface area contributed by atoms with Crippen LogP contribution >= 0.6 is 0 Å². The predicted octanol–water partition coefficient (Wildman–Crippen LogP) is 4.42. The highest BCUT2D eigenvalue weighted by atomic mass is 19.1. The predicted molar refractivity (Wildman–Crippen MR) is 82.3 cm³/mol. The van der Waals surface area contributed by atoms with Crippen molar-refractivity contribution in [1.29, 1.82) is 0 Å². The number of hydrogen-bond acceptors (Lipinski definition) is 1. The topological polar surface area (TPSA) is 12.0 Å². The normalized spacial score (nSPS) is 12.3. The zero-order valence-electron chi connectivity index (χ0n) is 12.2. The van der Waals surface area contributed by atoms with Crippen LogP contribution < -0.4 is 5.32 Å². The van der Waals surface area contributed by atoms with Crippen LogP contribution in [0.1, 0.15) is 36.1 Å². The van der Waals surface area contributed by atoms with Gasteiger partial charge < -0.3 is 5.32 Å². The highest BCUT2D eigenvalue weighted by Crippen LogP contribution is 2.22. The fourth-order valence-electron chi connectivity index (χ4n) is 2.49. The number of nitrogens with one attached hydrogen (secondary N) is 1. The molecule has 0 aromatic heterocycles. The van der Waals surface area contributed by atoms with E-state index in [0.29, 0.717) is 0 Å². The van der Waals surface area contributed by atoms with Crippen molar-refractivity contribution in [2.45, 2.75) is 32.7 Å². The first-order chi connectivity index (χ1) is 9.70. The monoisotopic (exact) mass is 271 g/mol. The molecule has 0 saturated carbocycles. The first-order valence-corrected chi connectivity index (χ1v) is 7.24. The van der Waals surface area contributed by atoms with E-state index in [1.54, 1.807) is 12.1 Å². The summed E-state index contributed by atoms with van der Waals surface area (Å²) in [5, 5.41) is 3.57. The van der Waals surface area contributed by atoms with Crippen LogP contribution in [-0.4, -0.2) is 6.54 Å². The van der Waals surface area contributed by atoms with E-state index in [1.807, 2.05) is 6.07 Å². The van der Waals surface area contributed by atoms with Gasteiger partial charge in [-0.2, -0.15) is 0 Å².